The molecule has 0 bridgehead atoms. The average Bonchev–Trinajstić information content (AvgIpc) is 2.52. The number of rotatable bonds is 9. The van der Waals surface area contributed by atoms with Gasteiger partial charge in [-0.3, -0.25) is 0 Å². The third-order valence-electron chi connectivity index (χ3n) is 4.05. The van der Waals surface area contributed by atoms with Gasteiger partial charge in [-0.1, -0.05) is 31.4 Å². The summed E-state index contributed by atoms with van der Waals surface area (Å²) < 4.78 is 0. The number of aryl methyl sites for hydroxylation is 1. The van der Waals surface area contributed by atoms with E-state index in [-0.39, 0.29) is 0 Å². The molecule has 0 aromatic carbocycles. The highest BCUT2D eigenvalue weighted by molar-refractivity contribution is 5.42. The van der Waals surface area contributed by atoms with Crippen LogP contribution in [0.4, 0.5) is 11.8 Å². The van der Waals surface area contributed by atoms with E-state index in [0.29, 0.717) is 0 Å². The third kappa shape index (κ3) is 6.04. The number of anilines is 2. The first-order valence-corrected chi connectivity index (χ1v) is 8.79. The van der Waals surface area contributed by atoms with Crippen LogP contribution >= 0.6 is 0 Å². The van der Waals surface area contributed by atoms with Gasteiger partial charge < -0.3 is 10.6 Å². The molecule has 0 saturated carbocycles. The maximum Gasteiger partial charge on any atom is 0.224 e. The molecule has 1 aromatic rings. The van der Waals surface area contributed by atoms with E-state index < -0.39 is 0 Å². The van der Waals surface area contributed by atoms with E-state index in [2.05, 4.69) is 33.6 Å². The Morgan fingerprint density at radius 1 is 1.09 bits per heavy atom. The van der Waals surface area contributed by atoms with Gasteiger partial charge in [0.1, 0.15) is 5.82 Å². The zero-order chi connectivity index (χ0) is 15.6. The monoisotopic (exact) mass is 302 g/mol. The predicted molar refractivity (Wildman–Crippen MR) is 94.4 cm³/mol. The number of hydrogen-bond donors (Lipinski definition) is 2. The highest BCUT2D eigenvalue weighted by atomic mass is 15.1. The molecule has 1 heterocycles. The summed E-state index contributed by atoms with van der Waals surface area (Å²) in [7, 11) is 0. The Labute approximate surface area is 134 Å². The second-order valence-corrected chi connectivity index (χ2v) is 6.14. The number of nitrogens with zero attached hydrogens (tertiary/aromatic N) is 2. The average molecular weight is 302 g/mol. The summed E-state index contributed by atoms with van der Waals surface area (Å²) in [6, 6.07) is 2.01. The highest BCUT2D eigenvalue weighted by Gasteiger charge is 2.05. The second kappa shape index (κ2) is 9.44. The lowest BCUT2D eigenvalue weighted by molar-refractivity contribution is 0.679. The number of aromatic nitrogens is 2. The van der Waals surface area contributed by atoms with Crippen LogP contribution in [0.15, 0.2) is 17.7 Å². The lowest BCUT2D eigenvalue weighted by Gasteiger charge is -2.13. The molecule has 122 valence electrons. The zero-order valence-corrected chi connectivity index (χ0v) is 14.1. The Hall–Kier alpha value is -1.58. The van der Waals surface area contributed by atoms with Crippen molar-refractivity contribution >= 4 is 11.8 Å². The van der Waals surface area contributed by atoms with E-state index in [9.17, 15) is 0 Å². The topological polar surface area (TPSA) is 49.8 Å². The van der Waals surface area contributed by atoms with Crippen LogP contribution in [0.1, 0.15) is 64.0 Å². The summed E-state index contributed by atoms with van der Waals surface area (Å²) in [6.45, 7) is 6.15. The fourth-order valence-corrected chi connectivity index (χ4v) is 2.80. The minimum Gasteiger partial charge on any atom is -0.370 e. The number of allylic oxidation sites excluding steroid dienone is 1. The Kier molecular flexibility index (Phi) is 7.20. The van der Waals surface area contributed by atoms with Gasteiger partial charge in [0.05, 0.1) is 0 Å². The second-order valence-electron chi connectivity index (χ2n) is 6.14. The summed E-state index contributed by atoms with van der Waals surface area (Å²) in [5.74, 6) is 1.68. The van der Waals surface area contributed by atoms with Gasteiger partial charge >= 0.3 is 0 Å². The highest BCUT2D eigenvalue weighted by Crippen LogP contribution is 2.20. The van der Waals surface area contributed by atoms with E-state index >= 15 is 0 Å². The van der Waals surface area contributed by atoms with Crippen molar-refractivity contribution in [1.29, 1.82) is 0 Å². The van der Waals surface area contributed by atoms with Gasteiger partial charge in [-0.2, -0.15) is 4.98 Å². The normalized spacial score (nSPS) is 14.5. The smallest absolute Gasteiger partial charge is 0.224 e. The first-order chi connectivity index (χ1) is 10.8. The maximum atomic E-state index is 4.56. The van der Waals surface area contributed by atoms with E-state index in [1.54, 1.807) is 5.57 Å². The Morgan fingerprint density at radius 3 is 2.77 bits per heavy atom. The van der Waals surface area contributed by atoms with Crippen molar-refractivity contribution < 1.29 is 0 Å². The van der Waals surface area contributed by atoms with Gasteiger partial charge in [-0.25, -0.2) is 4.98 Å². The largest absolute Gasteiger partial charge is 0.370 e. The molecule has 4 heteroatoms. The van der Waals surface area contributed by atoms with Crippen molar-refractivity contribution in [2.24, 2.45) is 0 Å². The van der Waals surface area contributed by atoms with Crippen molar-refractivity contribution in [3.8, 4) is 0 Å². The first-order valence-electron chi connectivity index (χ1n) is 8.79. The molecule has 0 fully saturated rings. The molecule has 2 rings (SSSR count). The molecular weight excluding hydrogens is 272 g/mol. The summed E-state index contributed by atoms with van der Waals surface area (Å²) in [5.41, 5.74) is 2.59. The minimum absolute atomic E-state index is 0.745. The Morgan fingerprint density at radius 2 is 2.00 bits per heavy atom. The quantitative estimate of drug-likeness (QED) is 0.513. The summed E-state index contributed by atoms with van der Waals surface area (Å²) >= 11 is 0. The molecule has 0 aliphatic heterocycles. The van der Waals surface area contributed by atoms with Crippen LogP contribution in [0.2, 0.25) is 0 Å². The van der Waals surface area contributed by atoms with E-state index in [1.807, 2.05) is 13.0 Å². The SMILES string of the molecule is CCCCCNc1cc(C)nc(NCCC2=CCCCC2)n1. The molecule has 0 radical (unpaired) electrons. The third-order valence-corrected chi connectivity index (χ3v) is 4.05. The minimum atomic E-state index is 0.745. The standard InChI is InChI=1S/C18H30N4/c1-3-4-8-12-19-17-14-15(2)21-18(22-17)20-13-11-16-9-6-5-7-10-16/h9,14H,3-8,10-13H2,1-2H3,(H2,19,20,21,22). The van der Waals surface area contributed by atoms with Crippen molar-refractivity contribution in [3.63, 3.8) is 0 Å². The van der Waals surface area contributed by atoms with Crippen molar-refractivity contribution in [2.45, 2.75) is 65.2 Å². The van der Waals surface area contributed by atoms with Crippen LogP contribution < -0.4 is 10.6 Å². The van der Waals surface area contributed by atoms with Crippen molar-refractivity contribution in [1.82, 2.24) is 9.97 Å². The van der Waals surface area contributed by atoms with Gasteiger partial charge in [0.2, 0.25) is 5.95 Å². The fraction of sp³-hybridized carbons (Fsp3) is 0.667. The maximum absolute atomic E-state index is 4.56. The van der Waals surface area contributed by atoms with Crippen LogP contribution in [0, 0.1) is 6.92 Å². The van der Waals surface area contributed by atoms with E-state index in [1.165, 1.54) is 44.9 Å². The van der Waals surface area contributed by atoms with E-state index in [4.69, 9.17) is 0 Å². The van der Waals surface area contributed by atoms with Gasteiger partial charge in [-0.05, 0) is 45.4 Å². The van der Waals surface area contributed by atoms with Gasteiger partial charge in [0.15, 0.2) is 0 Å². The van der Waals surface area contributed by atoms with Crippen LogP contribution in [-0.2, 0) is 0 Å². The van der Waals surface area contributed by atoms with Crippen LogP contribution in [0.3, 0.4) is 0 Å². The number of hydrogen-bond acceptors (Lipinski definition) is 4. The van der Waals surface area contributed by atoms with Gasteiger partial charge in [0.25, 0.3) is 0 Å². The first kappa shape index (κ1) is 16.8. The summed E-state index contributed by atoms with van der Waals surface area (Å²) in [5, 5.41) is 6.77. The molecular formula is C18H30N4. The summed E-state index contributed by atoms with van der Waals surface area (Å²) in [4.78, 5) is 9.04. The number of unbranched alkanes of at least 4 members (excludes halogenated alkanes) is 2. The molecule has 0 amide bonds. The molecule has 22 heavy (non-hydrogen) atoms. The van der Waals surface area contributed by atoms with Crippen molar-refractivity contribution in [2.75, 3.05) is 23.7 Å². The van der Waals surface area contributed by atoms with Crippen molar-refractivity contribution in [3.05, 3.63) is 23.4 Å². The van der Waals surface area contributed by atoms with E-state index in [0.717, 1.165) is 37.0 Å². The predicted octanol–water partition coefficient (Wildman–Crippen LogP) is 4.69. The number of nitrogens with one attached hydrogen (secondary N) is 2. The molecule has 4 nitrogen and oxygen atoms in total. The fourth-order valence-electron chi connectivity index (χ4n) is 2.80. The molecule has 1 aliphatic carbocycles. The van der Waals surface area contributed by atoms with Crippen LogP contribution in [0.5, 0.6) is 0 Å². The zero-order valence-electron chi connectivity index (χ0n) is 14.1. The molecule has 0 unspecified atom stereocenters. The molecule has 0 atom stereocenters. The van der Waals surface area contributed by atoms with Gasteiger partial charge in [0, 0.05) is 24.8 Å². The lowest BCUT2D eigenvalue weighted by atomic mass is 9.97. The molecule has 0 saturated heterocycles. The Balaban J connectivity index is 1.79. The molecule has 1 aliphatic rings. The molecule has 0 spiro atoms. The van der Waals surface area contributed by atoms with Gasteiger partial charge in [-0.15, -0.1) is 0 Å². The lowest BCUT2D eigenvalue weighted by Crippen LogP contribution is -2.10. The molecule has 2 N–H and O–H groups in total. The Bertz CT molecular complexity index is 482. The van der Waals surface area contributed by atoms with Crippen LogP contribution in [0.25, 0.3) is 0 Å². The summed E-state index contributed by atoms with van der Waals surface area (Å²) in [6.07, 6.45) is 12.4. The molecule has 1 aromatic heterocycles. The van der Waals surface area contributed by atoms with Crippen LogP contribution in [-0.4, -0.2) is 23.1 Å².